The van der Waals surface area contributed by atoms with Crippen LogP contribution in [-0.4, -0.2) is 5.78 Å². The van der Waals surface area contributed by atoms with Crippen LogP contribution >= 0.6 is 0 Å². The number of allylic oxidation sites excluding steroid dienone is 2. The summed E-state index contributed by atoms with van der Waals surface area (Å²) < 4.78 is 11.9. The predicted molar refractivity (Wildman–Crippen MR) is 172 cm³/mol. The van der Waals surface area contributed by atoms with Crippen LogP contribution in [0.2, 0.25) is 0 Å². The van der Waals surface area contributed by atoms with Crippen LogP contribution in [0.5, 0.6) is 11.5 Å². The van der Waals surface area contributed by atoms with E-state index in [4.69, 9.17) is 9.47 Å². The number of carbonyl (C=O) groups is 1. The van der Waals surface area contributed by atoms with Gasteiger partial charge < -0.3 is 9.47 Å². The first-order valence-electron chi connectivity index (χ1n) is 14.9. The van der Waals surface area contributed by atoms with E-state index in [1.807, 2.05) is 84.9 Å². The second kappa shape index (κ2) is 13.5. The molecule has 0 saturated heterocycles. The van der Waals surface area contributed by atoms with Gasteiger partial charge in [0.25, 0.3) is 0 Å². The topological polar surface area (TPSA) is 35.5 Å². The molecule has 1 saturated carbocycles. The first kappa shape index (κ1) is 29.1. The number of ketones is 1. The Labute approximate surface area is 250 Å². The van der Waals surface area contributed by atoms with Crippen molar-refractivity contribution in [2.24, 2.45) is 11.3 Å². The number of hydrogen-bond donors (Lipinski definition) is 0. The van der Waals surface area contributed by atoms with E-state index in [-0.39, 0.29) is 11.2 Å². The summed E-state index contributed by atoms with van der Waals surface area (Å²) in [6, 6.07) is 36.4. The first-order valence-corrected chi connectivity index (χ1v) is 14.9. The van der Waals surface area contributed by atoms with Crippen molar-refractivity contribution in [1.29, 1.82) is 0 Å². The lowest BCUT2D eigenvalue weighted by molar-refractivity contribution is -0.113. The number of ether oxygens (including phenoxy) is 2. The van der Waals surface area contributed by atoms with Crippen molar-refractivity contribution >= 4 is 17.9 Å². The maximum Gasteiger partial charge on any atom is 0.185 e. The van der Waals surface area contributed by atoms with Crippen LogP contribution in [0.25, 0.3) is 12.2 Å². The van der Waals surface area contributed by atoms with Gasteiger partial charge in [-0.2, -0.15) is 0 Å². The monoisotopic (exact) mass is 556 g/mol. The summed E-state index contributed by atoms with van der Waals surface area (Å²) in [5.41, 5.74) is 6.17. The molecule has 0 amide bonds. The molecule has 214 valence electrons. The molecule has 0 bridgehead atoms. The largest absolute Gasteiger partial charge is 0.489 e. The lowest BCUT2D eigenvalue weighted by Crippen LogP contribution is -2.30. The Kier molecular flexibility index (Phi) is 9.38. The molecule has 4 aromatic rings. The summed E-state index contributed by atoms with van der Waals surface area (Å²) in [6.45, 7) is 7.94. The van der Waals surface area contributed by atoms with Gasteiger partial charge in [0.05, 0.1) is 0 Å². The summed E-state index contributed by atoms with van der Waals surface area (Å²) in [6.07, 6.45) is 6.77. The SMILES string of the molecule is CCC(C)(C)C1CC(=Cc2ccc(OCc3ccccc3)cc2)C(=O)C(=Cc2ccc(OCc3ccccc3)cc2)C1. The Morgan fingerprint density at radius 3 is 1.43 bits per heavy atom. The van der Waals surface area contributed by atoms with Gasteiger partial charge in [-0.3, -0.25) is 4.79 Å². The van der Waals surface area contributed by atoms with E-state index in [1.165, 1.54) is 0 Å². The van der Waals surface area contributed by atoms with Crippen LogP contribution in [0.15, 0.2) is 120 Å². The van der Waals surface area contributed by atoms with Crippen LogP contribution in [0.3, 0.4) is 0 Å². The van der Waals surface area contributed by atoms with Gasteiger partial charge in [0.15, 0.2) is 5.78 Å². The lowest BCUT2D eigenvalue weighted by Gasteiger charge is -2.37. The van der Waals surface area contributed by atoms with Gasteiger partial charge in [0.1, 0.15) is 24.7 Å². The number of rotatable bonds is 10. The molecule has 0 unspecified atom stereocenters. The minimum absolute atomic E-state index is 0.128. The summed E-state index contributed by atoms with van der Waals surface area (Å²) >= 11 is 0. The molecule has 1 aliphatic rings. The van der Waals surface area contributed by atoms with Crippen LogP contribution in [0.4, 0.5) is 0 Å². The van der Waals surface area contributed by atoms with Gasteiger partial charge in [-0.1, -0.05) is 112 Å². The first-order chi connectivity index (χ1) is 20.4. The fourth-order valence-electron chi connectivity index (χ4n) is 5.29. The molecule has 5 rings (SSSR count). The molecule has 4 aromatic carbocycles. The highest BCUT2D eigenvalue weighted by Gasteiger charge is 2.36. The fourth-order valence-corrected chi connectivity index (χ4v) is 5.29. The minimum Gasteiger partial charge on any atom is -0.489 e. The quantitative estimate of drug-likeness (QED) is 0.182. The zero-order chi connectivity index (χ0) is 29.4. The van der Waals surface area contributed by atoms with E-state index in [0.717, 1.165) is 64.2 Å². The normalized spacial score (nSPS) is 17.4. The van der Waals surface area contributed by atoms with Gasteiger partial charge in [-0.15, -0.1) is 0 Å². The molecule has 0 radical (unpaired) electrons. The minimum atomic E-state index is 0.128. The van der Waals surface area contributed by atoms with Crippen molar-refractivity contribution in [3.8, 4) is 11.5 Å². The van der Waals surface area contributed by atoms with E-state index in [2.05, 4.69) is 57.2 Å². The highest BCUT2D eigenvalue weighted by atomic mass is 16.5. The Bertz CT molecular complexity index is 1400. The summed E-state index contributed by atoms with van der Waals surface area (Å²) in [5.74, 6) is 2.17. The Morgan fingerprint density at radius 2 is 1.05 bits per heavy atom. The molecule has 0 atom stereocenters. The van der Waals surface area contributed by atoms with Crippen LogP contribution in [-0.2, 0) is 18.0 Å². The highest BCUT2D eigenvalue weighted by molar-refractivity contribution is 6.14. The predicted octanol–water partition coefficient (Wildman–Crippen LogP) is 9.73. The molecule has 0 aliphatic heterocycles. The average molecular weight is 557 g/mol. The van der Waals surface area contributed by atoms with E-state index in [0.29, 0.717) is 19.1 Å². The Morgan fingerprint density at radius 1 is 0.643 bits per heavy atom. The van der Waals surface area contributed by atoms with Crippen molar-refractivity contribution in [2.75, 3.05) is 0 Å². The second-order valence-electron chi connectivity index (χ2n) is 11.8. The average Bonchev–Trinajstić information content (AvgIpc) is 3.03. The third kappa shape index (κ3) is 7.67. The molecule has 0 aromatic heterocycles. The van der Waals surface area contributed by atoms with Crippen molar-refractivity contribution in [3.05, 3.63) is 143 Å². The maximum absolute atomic E-state index is 13.8. The van der Waals surface area contributed by atoms with Gasteiger partial charge in [0, 0.05) is 11.1 Å². The van der Waals surface area contributed by atoms with Gasteiger partial charge in [0.2, 0.25) is 0 Å². The summed E-state index contributed by atoms with van der Waals surface area (Å²) in [5, 5.41) is 0. The fraction of sp³-hybridized carbons (Fsp3) is 0.256. The van der Waals surface area contributed by atoms with Gasteiger partial charge >= 0.3 is 0 Å². The standard InChI is InChI=1S/C39H40O3/c1-4-39(2,3)35-25-33(23-29-15-19-36(20-16-29)41-27-31-11-7-5-8-12-31)38(40)34(26-35)24-30-17-21-37(22-18-30)42-28-32-13-9-6-10-14-32/h5-24,35H,4,25-28H2,1-3H3. The number of carbonyl (C=O) groups excluding carboxylic acids is 1. The maximum atomic E-state index is 13.8. The molecule has 1 fully saturated rings. The Balaban J connectivity index is 1.31. The second-order valence-corrected chi connectivity index (χ2v) is 11.8. The molecule has 42 heavy (non-hydrogen) atoms. The molecular weight excluding hydrogens is 516 g/mol. The molecular formula is C39H40O3. The summed E-state index contributed by atoms with van der Waals surface area (Å²) in [4.78, 5) is 13.8. The molecule has 1 aliphatic carbocycles. The molecule has 0 heterocycles. The van der Waals surface area contributed by atoms with E-state index in [1.54, 1.807) is 0 Å². The van der Waals surface area contributed by atoms with Crippen LogP contribution in [0, 0.1) is 11.3 Å². The lowest BCUT2D eigenvalue weighted by atomic mass is 9.66. The van der Waals surface area contributed by atoms with Crippen molar-refractivity contribution < 1.29 is 14.3 Å². The van der Waals surface area contributed by atoms with Crippen LogP contribution in [0.1, 0.15) is 62.3 Å². The number of Topliss-reactive ketones (excluding diaryl/α,β-unsaturated/α-hetero) is 1. The number of hydrogen-bond acceptors (Lipinski definition) is 3. The smallest absolute Gasteiger partial charge is 0.185 e. The van der Waals surface area contributed by atoms with Gasteiger partial charge in [-0.25, -0.2) is 0 Å². The van der Waals surface area contributed by atoms with E-state index >= 15 is 0 Å². The third-order valence-corrected chi connectivity index (χ3v) is 8.47. The number of benzene rings is 4. The molecule has 0 spiro atoms. The van der Waals surface area contributed by atoms with E-state index < -0.39 is 0 Å². The molecule has 3 heteroatoms. The Hall–Kier alpha value is -4.37. The van der Waals surface area contributed by atoms with Crippen molar-refractivity contribution in [3.63, 3.8) is 0 Å². The third-order valence-electron chi connectivity index (χ3n) is 8.47. The zero-order valence-corrected chi connectivity index (χ0v) is 24.9. The van der Waals surface area contributed by atoms with Crippen molar-refractivity contribution in [2.45, 2.75) is 53.2 Å². The highest BCUT2D eigenvalue weighted by Crippen LogP contribution is 2.44. The molecule has 0 N–H and O–H groups in total. The molecule has 3 nitrogen and oxygen atoms in total. The summed E-state index contributed by atoms with van der Waals surface area (Å²) in [7, 11) is 0. The van der Waals surface area contributed by atoms with E-state index in [9.17, 15) is 4.79 Å². The van der Waals surface area contributed by atoms with Gasteiger partial charge in [-0.05, 0) is 82.8 Å². The van der Waals surface area contributed by atoms with Crippen LogP contribution < -0.4 is 9.47 Å². The zero-order valence-electron chi connectivity index (χ0n) is 24.9. The van der Waals surface area contributed by atoms with Crippen molar-refractivity contribution in [1.82, 2.24) is 0 Å².